The van der Waals surface area contributed by atoms with E-state index >= 15 is 0 Å². The Bertz CT molecular complexity index is 948. The van der Waals surface area contributed by atoms with Crippen LogP contribution in [-0.4, -0.2) is 15.3 Å². The molecule has 0 amide bonds. The first-order valence-corrected chi connectivity index (χ1v) is 7.50. The number of thiazole rings is 1. The average molecular weight is 292 g/mol. The first kappa shape index (κ1) is 12.3. The lowest BCUT2D eigenvalue weighted by Gasteiger charge is -1.94. The van der Waals surface area contributed by atoms with E-state index in [9.17, 15) is 4.79 Å². The molecule has 2 heterocycles. The Labute approximate surface area is 125 Å². The third-order valence-electron chi connectivity index (χ3n) is 3.63. The number of carbonyl (C=O) groups excluding carboxylic acids is 1. The number of ketones is 1. The van der Waals surface area contributed by atoms with E-state index in [1.54, 1.807) is 0 Å². The zero-order chi connectivity index (χ0) is 14.4. The summed E-state index contributed by atoms with van der Waals surface area (Å²) < 4.78 is 3.02. The van der Waals surface area contributed by atoms with Crippen LogP contribution in [0.15, 0.2) is 54.7 Å². The maximum Gasteiger partial charge on any atom is 0.223 e. The van der Waals surface area contributed by atoms with Crippen molar-refractivity contribution in [2.75, 3.05) is 0 Å². The molecular formula is C17H12N2OS. The molecule has 4 aromatic rings. The summed E-state index contributed by atoms with van der Waals surface area (Å²) >= 11 is 1.45. The minimum atomic E-state index is -0.00648. The highest BCUT2D eigenvalue weighted by Crippen LogP contribution is 2.27. The zero-order valence-corrected chi connectivity index (χ0v) is 12.2. The van der Waals surface area contributed by atoms with Crippen molar-refractivity contribution < 1.29 is 4.79 Å². The number of aromatic nitrogens is 2. The lowest BCUT2D eigenvalue weighted by atomic mass is 10.1. The smallest absolute Gasteiger partial charge is 0.223 e. The Morgan fingerprint density at radius 2 is 1.86 bits per heavy atom. The highest BCUT2D eigenvalue weighted by atomic mass is 32.1. The van der Waals surface area contributed by atoms with Crippen molar-refractivity contribution in [1.82, 2.24) is 9.55 Å². The molecule has 0 spiro atoms. The lowest BCUT2D eigenvalue weighted by Crippen LogP contribution is -1.99. The van der Waals surface area contributed by atoms with Gasteiger partial charge in [-0.25, -0.2) is 4.98 Å². The zero-order valence-electron chi connectivity index (χ0n) is 11.4. The fourth-order valence-electron chi connectivity index (χ4n) is 2.61. The highest BCUT2D eigenvalue weighted by Gasteiger charge is 2.18. The van der Waals surface area contributed by atoms with Crippen LogP contribution in [0.2, 0.25) is 0 Å². The Hall–Kier alpha value is -2.46. The average Bonchev–Trinajstić information content (AvgIpc) is 3.09. The fourth-order valence-corrected chi connectivity index (χ4v) is 3.53. The molecule has 102 valence electrons. The van der Waals surface area contributed by atoms with Gasteiger partial charge in [0.25, 0.3) is 0 Å². The monoisotopic (exact) mass is 292 g/mol. The summed E-state index contributed by atoms with van der Waals surface area (Å²) in [4.78, 5) is 17.2. The molecule has 3 nitrogen and oxygen atoms in total. The van der Waals surface area contributed by atoms with Gasteiger partial charge in [0.15, 0.2) is 5.01 Å². The molecule has 0 radical (unpaired) electrons. The van der Waals surface area contributed by atoms with Crippen LogP contribution in [0.25, 0.3) is 21.1 Å². The number of para-hydroxylation sites is 2. The summed E-state index contributed by atoms with van der Waals surface area (Å²) in [6, 6.07) is 15.8. The second kappa shape index (κ2) is 4.53. The summed E-state index contributed by atoms with van der Waals surface area (Å²) in [6.07, 6.45) is 1.89. The molecule has 0 atom stereocenters. The van der Waals surface area contributed by atoms with Crippen molar-refractivity contribution in [1.29, 1.82) is 0 Å². The molecule has 2 aromatic heterocycles. The van der Waals surface area contributed by atoms with Gasteiger partial charge in [-0.05, 0) is 18.2 Å². The molecule has 4 heteroatoms. The van der Waals surface area contributed by atoms with Crippen LogP contribution in [0.5, 0.6) is 0 Å². The Morgan fingerprint density at radius 1 is 1.10 bits per heavy atom. The third-order valence-corrected chi connectivity index (χ3v) is 4.66. The highest BCUT2D eigenvalue weighted by molar-refractivity contribution is 7.20. The van der Waals surface area contributed by atoms with Gasteiger partial charge in [0.1, 0.15) is 0 Å². The van der Waals surface area contributed by atoms with Gasteiger partial charge < -0.3 is 4.57 Å². The Kier molecular flexibility index (Phi) is 2.65. The van der Waals surface area contributed by atoms with Crippen molar-refractivity contribution in [2.24, 2.45) is 7.05 Å². The summed E-state index contributed by atoms with van der Waals surface area (Å²) in [7, 11) is 1.96. The van der Waals surface area contributed by atoms with Gasteiger partial charge in [0.2, 0.25) is 5.78 Å². The van der Waals surface area contributed by atoms with Crippen LogP contribution in [-0.2, 0) is 7.05 Å². The van der Waals surface area contributed by atoms with E-state index in [2.05, 4.69) is 4.98 Å². The third kappa shape index (κ3) is 1.87. The van der Waals surface area contributed by atoms with Crippen molar-refractivity contribution in [2.45, 2.75) is 0 Å². The SMILES string of the molecule is Cn1cc(C(=O)c2nc3ccccc3s2)c2ccccc21. The number of aryl methyl sites for hydroxylation is 1. The van der Waals surface area contributed by atoms with E-state index < -0.39 is 0 Å². The lowest BCUT2D eigenvalue weighted by molar-refractivity contribution is 0.104. The van der Waals surface area contributed by atoms with E-state index in [1.165, 1.54) is 11.3 Å². The van der Waals surface area contributed by atoms with Crippen molar-refractivity contribution in [3.05, 3.63) is 65.3 Å². The summed E-state index contributed by atoms with van der Waals surface area (Å²) in [5, 5.41) is 1.52. The molecule has 0 saturated heterocycles. The first-order valence-electron chi connectivity index (χ1n) is 6.68. The fraction of sp³-hybridized carbons (Fsp3) is 0.0588. The number of nitrogens with zero attached hydrogens (tertiary/aromatic N) is 2. The predicted molar refractivity (Wildman–Crippen MR) is 86.0 cm³/mol. The summed E-state index contributed by atoms with van der Waals surface area (Å²) in [6.45, 7) is 0. The summed E-state index contributed by atoms with van der Waals surface area (Å²) in [5.41, 5.74) is 2.65. The molecule has 0 aliphatic carbocycles. The van der Waals surface area contributed by atoms with Gasteiger partial charge in [-0.15, -0.1) is 11.3 Å². The molecular weight excluding hydrogens is 280 g/mol. The van der Waals surface area contributed by atoms with Crippen LogP contribution in [0.3, 0.4) is 0 Å². The van der Waals surface area contributed by atoms with Gasteiger partial charge in [-0.2, -0.15) is 0 Å². The molecule has 0 aliphatic rings. The molecule has 0 fully saturated rings. The molecule has 0 saturated carbocycles. The quantitative estimate of drug-likeness (QED) is 0.523. The maximum absolute atomic E-state index is 12.8. The summed E-state index contributed by atoms with van der Waals surface area (Å²) in [5.74, 6) is -0.00648. The van der Waals surface area contributed by atoms with Gasteiger partial charge in [-0.3, -0.25) is 4.79 Å². The first-order chi connectivity index (χ1) is 10.2. The minimum absolute atomic E-state index is 0.00648. The molecule has 21 heavy (non-hydrogen) atoms. The predicted octanol–water partition coefficient (Wildman–Crippen LogP) is 4.02. The van der Waals surface area contributed by atoms with Crippen LogP contribution in [0.4, 0.5) is 0 Å². The van der Waals surface area contributed by atoms with Crippen molar-refractivity contribution in [3.63, 3.8) is 0 Å². The minimum Gasteiger partial charge on any atom is -0.350 e. The maximum atomic E-state index is 12.8. The second-order valence-electron chi connectivity index (χ2n) is 4.99. The number of benzene rings is 2. The number of fused-ring (bicyclic) bond motifs is 2. The van der Waals surface area contributed by atoms with Gasteiger partial charge in [0.05, 0.1) is 15.8 Å². The van der Waals surface area contributed by atoms with E-state index in [4.69, 9.17) is 0 Å². The van der Waals surface area contributed by atoms with Gasteiger partial charge in [-0.1, -0.05) is 30.3 Å². The molecule has 0 unspecified atom stereocenters. The van der Waals surface area contributed by atoms with E-state index in [0.29, 0.717) is 10.6 Å². The van der Waals surface area contributed by atoms with E-state index in [-0.39, 0.29) is 5.78 Å². The second-order valence-corrected chi connectivity index (χ2v) is 6.02. The number of rotatable bonds is 2. The standard InChI is InChI=1S/C17H12N2OS/c1-19-10-12(11-6-2-4-8-14(11)19)16(20)17-18-13-7-3-5-9-15(13)21-17/h2-10H,1H3. The molecule has 2 aromatic carbocycles. The topological polar surface area (TPSA) is 34.9 Å². The Balaban J connectivity index is 1.90. The number of hydrogen-bond acceptors (Lipinski definition) is 3. The molecule has 4 rings (SSSR count). The van der Waals surface area contributed by atoms with Crippen molar-refractivity contribution in [3.8, 4) is 0 Å². The van der Waals surface area contributed by atoms with Crippen LogP contribution >= 0.6 is 11.3 Å². The van der Waals surface area contributed by atoms with Crippen LogP contribution in [0, 0.1) is 0 Å². The largest absolute Gasteiger partial charge is 0.350 e. The van der Waals surface area contributed by atoms with Gasteiger partial charge in [0, 0.05) is 24.1 Å². The van der Waals surface area contributed by atoms with Crippen LogP contribution in [0.1, 0.15) is 15.4 Å². The number of carbonyl (C=O) groups is 1. The molecule has 0 bridgehead atoms. The van der Waals surface area contributed by atoms with Crippen molar-refractivity contribution >= 4 is 38.2 Å². The van der Waals surface area contributed by atoms with E-state index in [1.807, 2.05) is 66.3 Å². The number of hydrogen-bond donors (Lipinski definition) is 0. The molecule has 0 aliphatic heterocycles. The van der Waals surface area contributed by atoms with E-state index in [0.717, 1.165) is 21.1 Å². The van der Waals surface area contributed by atoms with Gasteiger partial charge >= 0.3 is 0 Å². The normalized spacial score (nSPS) is 11.3. The molecule has 0 N–H and O–H groups in total. The van der Waals surface area contributed by atoms with Crippen LogP contribution < -0.4 is 0 Å². The Morgan fingerprint density at radius 3 is 2.71 bits per heavy atom.